The second-order valence-corrected chi connectivity index (χ2v) is 8.22. The largest absolute Gasteiger partial charge is 0.493 e. The summed E-state index contributed by atoms with van der Waals surface area (Å²) >= 11 is 9.52. The minimum absolute atomic E-state index is 0.109. The van der Waals surface area contributed by atoms with E-state index in [1.54, 1.807) is 19.1 Å². The second-order valence-electron chi connectivity index (χ2n) is 6.87. The number of amides is 1. The van der Waals surface area contributed by atoms with Gasteiger partial charge in [-0.25, -0.2) is 0 Å². The van der Waals surface area contributed by atoms with Gasteiger partial charge in [-0.15, -0.1) is 0 Å². The molecule has 1 aliphatic heterocycles. The number of nitrogens with zero attached hydrogens (tertiary/aromatic N) is 1. The van der Waals surface area contributed by atoms with Crippen LogP contribution in [0.5, 0.6) is 11.5 Å². The van der Waals surface area contributed by atoms with E-state index in [2.05, 4.69) is 15.9 Å². The summed E-state index contributed by atoms with van der Waals surface area (Å²) in [6.07, 6.45) is 3.74. The third-order valence-corrected chi connectivity index (χ3v) is 5.72. The van der Waals surface area contributed by atoms with E-state index in [0.717, 1.165) is 27.0 Å². The molecule has 0 aliphatic carbocycles. The molecule has 31 heavy (non-hydrogen) atoms. The summed E-state index contributed by atoms with van der Waals surface area (Å²) in [5.41, 5.74) is 3.88. The predicted molar refractivity (Wildman–Crippen MR) is 129 cm³/mol. The van der Waals surface area contributed by atoms with Gasteiger partial charge in [-0.3, -0.25) is 9.69 Å². The highest BCUT2D eigenvalue weighted by Gasteiger charge is 2.30. The Labute approximate surface area is 194 Å². The standard InChI is InChI=1S/C25H19BrClNO3/c1-30-23-12-3-16(14-24(23)31-2)13-18-15-22(17-4-8-20(27)9-5-17)28(25(18)29)21-10-6-19(26)7-11-21/h3-15H,1-2H3/b18-13+. The zero-order valence-electron chi connectivity index (χ0n) is 16.9. The molecule has 0 unspecified atom stereocenters. The summed E-state index contributed by atoms with van der Waals surface area (Å²) < 4.78 is 11.6. The lowest BCUT2D eigenvalue weighted by molar-refractivity contribution is -0.113. The molecule has 3 aromatic carbocycles. The molecule has 156 valence electrons. The van der Waals surface area contributed by atoms with Crippen molar-refractivity contribution in [3.8, 4) is 11.5 Å². The lowest BCUT2D eigenvalue weighted by Crippen LogP contribution is -2.24. The van der Waals surface area contributed by atoms with E-state index in [1.165, 1.54) is 0 Å². The molecular formula is C25H19BrClNO3. The molecule has 0 N–H and O–H groups in total. The first-order valence-electron chi connectivity index (χ1n) is 9.51. The molecule has 0 saturated carbocycles. The maximum Gasteiger partial charge on any atom is 0.262 e. The molecule has 0 fully saturated rings. The smallest absolute Gasteiger partial charge is 0.262 e. The molecule has 6 heteroatoms. The Morgan fingerprint density at radius 3 is 2.23 bits per heavy atom. The van der Waals surface area contributed by atoms with Gasteiger partial charge in [-0.05, 0) is 71.8 Å². The first kappa shape index (κ1) is 21.2. The van der Waals surface area contributed by atoms with E-state index in [-0.39, 0.29) is 5.91 Å². The van der Waals surface area contributed by atoms with Gasteiger partial charge in [-0.2, -0.15) is 0 Å². The van der Waals surface area contributed by atoms with Crippen molar-refractivity contribution in [2.45, 2.75) is 0 Å². The molecule has 0 aromatic heterocycles. The lowest BCUT2D eigenvalue weighted by atomic mass is 10.1. The van der Waals surface area contributed by atoms with Crippen LogP contribution in [0.25, 0.3) is 11.8 Å². The average molecular weight is 497 g/mol. The van der Waals surface area contributed by atoms with Gasteiger partial charge in [0.15, 0.2) is 11.5 Å². The van der Waals surface area contributed by atoms with Crippen molar-refractivity contribution in [3.63, 3.8) is 0 Å². The Hall–Kier alpha value is -3.02. The summed E-state index contributed by atoms with van der Waals surface area (Å²) in [6.45, 7) is 0. The van der Waals surface area contributed by atoms with Crippen molar-refractivity contribution >= 4 is 50.9 Å². The fraction of sp³-hybridized carbons (Fsp3) is 0.0800. The molecule has 1 aliphatic rings. The van der Waals surface area contributed by atoms with Crippen molar-refractivity contribution in [2.75, 3.05) is 19.1 Å². The summed E-state index contributed by atoms with van der Waals surface area (Å²) in [7, 11) is 3.18. The molecule has 4 rings (SSSR count). The molecule has 0 bridgehead atoms. The number of halogens is 2. The summed E-state index contributed by atoms with van der Waals surface area (Å²) in [4.78, 5) is 15.1. The zero-order chi connectivity index (χ0) is 22.0. The highest BCUT2D eigenvalue weighted by atomic mass is 79.9. The monoisotopic (exact) mass is 495 g/mol. The number of carbonyl (C=O) groups is 1. The van der Waals surface area contributed by atoms with Crippen LogP contribution in [0.15, 0.2) is 82.9 Å². The van der Waals surface area contributed by atoms with Gasteiger partial charge in [0.25, 0.3) is 5.91 Å². The fourth-order valence-corrected chi connectivity index (χ4v) is 3.81. The van der Waals surface area contributed by atoms with E-state index in [9.17, 15) is 4.79 Å². The Bertz CT molecular complexity index is 1180. The van der Waals surface area contributed by atoms with E-state index >= 15 is 0 Å². The Balaban J connectivity index is 1.80. The highest BCUT2D eigenvalue weighted by Crippen LogP contribution is 2.37. The van der Waals surface area contributed by atoms with Crippen LogP contribution in [-0.4, -0.2) is 20.1 Å². The lowest BCUT2D eigenvalue weighted by Gasteiger charge is -2.21. The van der Waals surface area contributed by atoms with Crippen molar-refractivity contribution in [1.29, 1.82) is 0 Å². The predicted octanol–water partition coefficient (Wildman–Crippen LogP) is 6.59. The first-order valence-corrected chi connectivity index (χ1v) is 10.7. The van der Waals surface area contributed by atoms with Crippen LogP contribution in [0.4, 0.5) is 5.69 Å². The quantitative estimate of drug-likeness (QED) is 0.374. The van der Waals surface area contributed by atoms with Crippen LogP contribution in [0.3, 0.4) is 0 Å². The van der Waals surface area contributed by atoms with Crippen molar-refractivity contribution in [1.82, 2.24) is 0 Å². The van der Waals surface area contributed by atoms with Gasteiger partial charge >= 0.3 is 0 Å². The molecule has 0 atom stereocenters. The van der Waals surface area contributed by atoms with Crippen LogP contribution in [0.1, 0.15) is 11.1 Å². The Kier molecular flexibility index (Phi) is 6.16. The van der Waals surface area contributed by atoms with Crippen molar-refractivity contribution < 1.29 is 14.3 Å². The topological polar surface area (TPSA) is 38.8 Å². The molecule has 1 amide bonds. The van der Waals surface area contributed by atoms with Crippen LogP contribution < -0.4 is 14.4 Å². The average Bonchev–Trinajstić information content (AvgIpc) is 3.10. The van der Waals surface area contributed by atoms with Gasteiger partial charge in [0.05, 0.1) is 19.9 Å². The fourth-order valence-electron chi connectivity index (χ4n) is 3.42. The maximum absolute atomic E-state index is 13.4. The third-order valence-electron chi connectivity index (χ3n) is 4.94. The van der Waals surface area contributed by atoms with Crippen LogP contribution in [0.2, 0.25) is 5.02 Å². The molecule has 0 radical (unpaired) electrons. The Morgan fingerprint density at radius 2 is 1.58 bits per heavy atom. The summed E-state index contributed by atoms with van der Waals surface area (Å²) in [5, 5.41) is 0.643. The third kappa shape index (κ3) is 4.38. The van der Waals surface area contributed by atoms with E-state index in [1.807, 2.05) is 78.9 Å². The van der Waals surface area contributed by atoms with Crippen molar-refractivity contribution in [2.24, 2.45) is 0 Å². The molecule has 1 heterocycles. The SMILES string of the molecule is COc1ccc(/C=C2\C=C(c3ccc(Cl)cc3)N(c3ccc(Br)cc3)C2=O)cc1OC. The minimum atomic E-state index is -0.109. The number of benzene rings is 3. The van der Waals surface area contributed by atoms with Gasteiger partial charge < -0.3 is 9.47 Å². The number of ether oxygens (including phenoxy) is 2. The number of hydrogen-bond acceptors (Lipinski definition) is 3. The highest BCUT2D eigenvalue weighted by molar-refractivity contribution is 9.10. The van der Waals surface area contributed by atoms with Crippen LogP contribution >= 0.6 is 27.5 Å². The van der Waals surface area contributed by atoms with Crippen molar-refractivity contribution in [3.05, 3.63) is 99.0 Å². The van der Waals surface area contributed by atoms with Gasteiger partial charge in [0, 0.05) is 20.8 Å². The maximum atomic E-state index is 13.4. The normalized spacial score (nSPS) is 14.7. The van der Waals surface area contributed by atoms with Crippen LogP contribution in [-0.2, 0) is 4.79 Å². The molecule has 0 spiro atoms. The van der Waals surface area contributed by atoms with E-state index < -0.39 is 0 Å². The summed E-state index contributed by atoms with van der Waals surface area (Å²) in [5.74, 6) is 1.13. The molecular weight excluding hydrogens is 478 g/mol. The minimum Gasteiger partial charge on any atom is -0.493 e. The number of methoxy groups -OCH3 is 2. The van der Waals surface area contributed by atoms with Crippen LogP contribution in [0, 0.1) is 0 Å². The second kappa shape index (κ2) is 9.00. The van der Waals surface area contributed by atoms with Gasteiger partial charge in [0.2, 0.25) is 0 Å². The van der Waals surface area contributed by atoms with E-state index in [0.29, 0.717) is 22.1 Å². The van der Waals surface area contributed by atoms with Gasteiger partial charge in [-0.1, -0.05) is 45.7 Å². The van der Waals surface area contributed by atoms with E-state index in [4.69, 9.17) is 21.1 Å². The first-order chi connectivity index (χ1) is 15.0. The van der Waals surface area contributed by atoms with Gasteiger partial charge in [0.1, 0.15) is 0 Å². The summed E-state index contributed by atoms with van der Waals surface area (Å²) in [6, 6.07) is 20.7. The Morgan fingerprint density at radius 1 is 0.903 bits per heavy atom. The molecule has 4 nitrogen and oxygen atoms in total. The number of hydrogen-bond donors (Lipinski definition) is 0. The zero-order valence-corrected chi connectivity index (χ0v) is 19.3. The molecule has 0 saturated heterocycles. The molecule has 3 aromatic rings. The number of anilines is 1. The number of rotatable bonds is 5. The number of carbonyl (C=O) groups excluding carboxylic acids is 1.